The molecule has 0 fully saturated rings. The molecule has 2 rings (SSSR count). The van der Waals surface area contributed by atoms with Gasteiger partial charge in [-0.2, -0.15) is 0 Å². The molecule has 0 spiro atoms. The van der Waals surface area contributed by atoms with Crippen LogP contribution < -0.4 is 20.8 Å². The number of aromatic amines is 1. The Morgan fingerprint density at radius 3 is 2.80 bits per heavy atom. The molecule has 4 N–H and O–H groups in total. The van der Waals surface area contributed by atoms with Crippen molar-refractivity contribution in [2.45, 2.75) is 6.10 Å². The molecule has 25 heavy (non-hydrogen) atoms. The van der Waals surface area contributed by atoms with Crippen LogP contribution in [0.15, 0.2) is 35.1 Å². The van der Waals surface area contributed by atoms with E-state index in [0.717, 1.165) is 6.07 Å². The fourth-order valence-corrected chi connectivity index (χ4v) is 2.12. The van der Waals surface area contributed by atoms with E-state index in [1.165, 1.54) is 11.9 Å². The molecule has 0 bridgehead atoms. The van der Waals surface area contributed by atoms with Gasteiger partial charge in [-0.05, 0) is 12.1 Å². The van der Waals surface area contributed by atoms with Crippen LogP contribution in [0.4, 0.5) is 5.95 Å². The Morgan fingerprint density at radius 2 is 2.12 bits per heavy atom. The van der Waals surface area contributed by atoms with Gasteiger partial charge in [0.15, 0.2) is 0 Å². The average molecular weight is 348 g/mol. The smallest absolute Gasteiger partial charge is 0.272 e. The first-order valence-electron chi connectivity index (χ1n) is 7.46. The van der Waals surface area contributed by atoms with Gasteiger partial charge in [-0.1, -0.05) is 6.07 Å². The fourth-order valence-electron chi connectivity index (χ4n) is 2.12. The van der Waals surface area contributed by atoms with E-state index in [4.69, 9.17) is 15.2 Å². The second kappa shape index (κ2) is 8.15. The maximum Gasteiger partial charge on any atom is 0.272 e. The van der Waals surface area contributed by atoms with Crippen LogP contribution >= 0.6 is 0 Å². The Kier molecular flexibility index (Phi) is 5.96. The highest BCUT2D eigenvalue weighted by atomic mass is 16.5. The Labute approximate surface area is 144 Å². The van der Waals surface area contributed by atoms with E-state index < -0.39 is 17.6 Å². The van der Waals surface area contributed by atoms with Crippen LogP contribution in [-0.4, -0.2) is 59.3 Å². The highest BCUT2D eigenvalue weighted by Gasteiger charge is 2.18. The minimum atomic E-state index is -0.931. The molecule has 1 atom stereocenters. The maximum absolute atomic E-state index is 12.2. The lowest BCUT2D eigenvalue weighted by Crippen LogP contribution is -2.37. The normalized spacial score (nSPS) is 11.6. The van der Waals surface area contributed by atoms with E-state index in [1.54, 1.807) is 31.4 Å². The van der Waals surface area contributed by atoms with E-state index in [0.29, 0.717) is 11.5 Å². The number of hydrogen-bond acceptors (Lipinski definition) is 7. The summed E-state index contributed by atoms with van der Waals surface area (Å²) >= 11 is 0. The van der Waals surface area contributed by atoms with Crippen LogP contribution in [0.3, 0.4) is 0 Å². The van der Waals surface area contributed by atoms with E-state index in [1.807, 2.05) is 0 Å². The van der Waals surface area contributed by atoms with Crippen molar-refractivity contribution in [3.8, 4) is 11.5 Å². The van der Waals surface area contributed by atoms with Crippen molar-refractivity contribution in [2.75, 3.05) is 33.0 Å². The van der Waals surface area contributed by atoms with Crippen molar-refractivity contribution in [1.82, 2.24) is 14.9 Å². The average Bonchev–Trinajstić information content (AvgIpc) is 2.58. The second-order valence-corrected chi connectivity index (χ2v) is 5.35. The van der Waals surface area contributed by atoms with Crippen molar-refractivity contribution in [1.29, 1.82) is 0 Å². The molecule has 9 nitrogen and oxygen atoms in total. The molecule has 1 heterocycles. The standard InChI is InChI=1S/C16H20N4O5/c1-20(15(23)13-7-14(22)19-16(17)18-13)8-10(21)9-25-12-5-3-4-11(6-12)24-2/h3-7,10,21H,8-9H2,1-2H3,(H3,17,18,19,22). The van der Waals surface area contributed by atoms with Crippen molar-refractivity contribution < 1.29 is 19.4 Å². The molecule has 9 heteroatoms. The Morgan fingerprint density at radius 1 is 1.40 bits per heavy atom. The number of carbonyl (C=O) groups excluding carboxylic acids is 1. The van der Waals surface area contributed by atoms with Gasteiger partial charge < -0.3 is 25.2 Å². The Bertz CT molecular complexity index is 792. The highest BCUT2D eigenvalue weighted by Crippen LogP contribution is 2.18. The molecular formula is C16H20N4O5. The van der Waals surface area contributed by atoms with E-state index >= 15 is 0 Å². The summed E-state index contributed by atoms with van der Waals surface area (Å²) in [6, 6.07) is 8.00. The monoisotopic (exact) mass is 348 g/mol. The zero-order valence-corrected chi connectivity index (χ0v) is 13.9. The number of nitrogens with zero attached hydrogens (tertiary/aromatic N) is 2. The molecular weight excluding hydrogens is 328 g/mol. The van der Waals surface area contributed by atoms with Crippen molar-refractivity contribution in [3.63, 3.8) is 0 Å². The third kappa shape index (κ3) is 5.21. The van der Waals surface area contributed by atoms with Crippen molar-refractivity contribution in [3.05, 3.63) is 46.4 Å². The largest absolute Gasteiger partial charge is 0.497 e. The zero-order valence-electron chi connectivity index (χ0n) is 13.9. The molecule has 1 aromatic heterocycles. The number of carbonyl (C=O) groups is 1. The SMILES string of the molecule is COc1cccc(OCC(O)CN(C)C(=O)c2cc(=O)[nH]c(N)n2)c1. The Balaban J connectivity index is 1.91. The van der Waals surface area contributed by atoms with Crippen LogP contribution in [0.5, 0.6) is 11.5 Å². The number of aliphatic hydroxyl groups excluding tert-OH is 1. The van der Waals surface area contributed by atoms with Gasteiger partial charge in [-0.15, -0.1) is 0 Å². The van der Waals surface area contributed by atoms with Crippen molar-refractivity contribution >= 4 is 11.9 Å². The van der Waals surface area contributed by atoms with Crippen molar-refractivity contribution in [2.24, 2.45) is 0 Å². The van der Waals surface area contributed by atoms with Crippen LogP contribution in [0.2, 0.25) is 0 Å². The predicted molar refractivity (Wildman–Crippen MR) is 90.7 cm³/mol. The number of rotatable bonds is 7. The summed E-state index contributed by atoms with van der Waals surface area (Å²) in [5.41, 5.74) is 4.80. The number of methoxy groups -OCH3 is 1. The van der Waals surface area contributed by atoms with Gasteiger partial charge in [0.05, 0.1) is 7.11 Å². The van der Waals surface area contributed by atoms with Gasteiger partial charge in [-0.25, -0.2) is 4.98 Å². The number of benzene rings is 1. The predicted octanol–water partition coefficient (Wildman–Crippen LogP) is -0.127. The second-order valence-electron chi connectivity index (χ2n) is 5.35. The molecule has 1 aromatic carbocycles. The molecule has 0 radical (unpaired) electrons. The van der Waals surface area contributed by atoms with E-state index in [9.17, 15) is 14.7 Å². The van der Waals surface area contributed by atoms with Crippen LogP contribution in [0, 0.1) is 0 Å². The first-order valence-corrected chi connectivity index (χ1v) is 7.46. The fraction of sp³-hybridized carbons (Fsp3) is 0.312. The van der Waals surface area contributed by atoms with Gasteiger partial charge in [0.2, 0.25) is 5.95 Å². The molecule has 0 aliphatic heterocycles. The van der Waals surface area contributed by atoms with Gasteiger partial charge in [0.25, 0.3) is 11.5 Å². The molecule has 0 aliphatic carbocycles. The lowest BCUT2D eigenvalue weighted by molar-refractivity contribution is 0.0559. The molecule has 1 amide bonds. The number of aromatic nitrogens is 2. The minimum Gasteiger partial charge on any atom is -0.497 e. The Hall–Kier alpha value is -3.07. The lowest BCUT2D eigenvalue weighted by Gasteiger charge is -2.20. The van der Waals surface area contributed by atoms with Gasteiger partial charge >= 0.3 is 0 Å². The first-order chi connectivity index (χ1) is 11.9. The zero-order chi connectivity index (χ0) is 18.4. The molecule has 0 saturated carbocycles. The highest BCUT2D eigenvalue weighted by molar-refractivity contribution is 5.92. The summed E-state index contributed by atoms with van der Waals surface area (Å²) in [6.45, 7) is -0.0209. The number of nitrogens with two attached hydrogens (primary N) is 1. The molecule has 0 aliphatic rings. The van der Waals surface area contributed by atoms with E-state index in [2.05, 4.69) is 9.97 Å². The van der Waals surface area contributed by atoms with Crippen LogP contribution in [0.25, 0.3) is 0 Å². The molecule has 134 valence electrons. The number of hydrogen-bond donors (Lipinski definition) is 3. The number of nitrogens with one attached hydrogen (secondary N) is 1. The van der Waals surface area contributed by atoms with Gasteiger partial charge in [0, 0.05) is 25.7 Å². The third-order valence-corrected chi connectivity index (χ3v) is 3.29. The van der Waals surface area contributed by atoms with Crippen LogP contribution in [0.1, 0.15) is 10.5 Å². The summed E-state index contributed by atoms with van der Waals surface area (Å²) in [6.07, 6.45) is -0.931. The lowest BCUT2D eigenvalue weighted by atomic mass is 10.3. The summed E-state index contributed by atoms with van der Waals surface area (Å²) in [7, 11) is 3.03. The number of likely N-dealkylation sites (N-methyl/N-ethyl adjacent to an activating group) is 1. The maximum atomic E-state index is 12.2. The topological polar surface area (TPSA) is 131 Å². The van der Waals surface area contributed by atoms with Crippen LogP contribution in [-0.2, 0) is 0 Å². The number of H-pyrrole nitrogens is 1. The van der Waals surface area contributed by atoms with Gasteiger partial charge in [-0.3, -0.25) is 14.6 Å². The molecule has 0 saturated heterocycles. The summed E-state index contributed by atoms with van der Waals surface area (Å²) < 4.78 is 10.6. The van der Waals surface area contributed by atoms with E-state index in [-0.39, 0.29) is 24.8 Å². The molecule has 2 aromatic rings. The molecule has 1 unspecified atom stereocenters. The number of nitrogen functional groups attached to an aromatic ring is 1. The number of aliphatic hydroxyl groups is 1. The summed E-state index contributed by atoms with van der Waals surface area (Å²) in [4.78, 5) is 30.8. The quantitative estimate of drug-likeness (QED) is 0.635. The summed E-state index contributed by atoms with van der Waals surface area (Å²) in [5.74, 6) is 0.498. The third-order valence-electron chi connectivity index (χ3n) is 3.29. The minimum absolute atomic E-state index is 0.00279. The summed E-state index contributed by atoms with van der Waals surface area (Å²) in [5, 5.41) is 10.0. The number of ether oxygens (including phenoxy) is 2. The van der Waals surface area contributed by atoms with Gasteiger partial charge in [0.1, 0.15) is 29.9 Å². The first kappa shape index (κ1) is 18.3. The number of anilines is 1. The number of amides is 1.